The van der Waals surface area contributed by atoms with E-state index in [2.05, 4.69) is 25.6 Å². The third kappa shape index (κ3) is 4.88. The largest absolute Gasteiger partial charge is 0.369 e. The summed E-state index contributed by atoms with van der Waals surface area (Å²) in [6.45, 7) is 1.87. The number of alkyl halides is 2. The van der Waals surface area contributed by atoms with E-state index in [1.807, 2.05) is 17.6 Å². The second-order valence-corrected chi connectivity index (χ2v) is 10.8. The maximum Gasteiger partial charge on any atom is 0.252 e. The molecule has 2 saturated carbocycles. The van der Waals surface area contributed by atoms with Crippen molar-refractivity contribution in [1.82, 2.24) is 19.5 Å². The molecule has 0 aliphatic heterocycles. The fraction of sp³-hybridized carbons (Fsp3) is 0.458. The molecule has 2 aliphatic carbocycles. The molecule has 2 fully saturated rings. The molecule has 3 aromatic rings. The topological polar surface area (TPSA) is 135 Å². The lowest BCUT2D eigenvalue weighted by Gasteiger charge is -2.36. The van der Waals surface area contributed by atoms with Gasteiger partial charge in [-0.05, 0) is 37.8 Å². The van der Waals surface area contributed by atoms with Crippen LogP contribution in [0.5, 0.6) is 0 Å². The number of nitriles is 1. The van der Waals surface area contributed by atoms with E-state index in [0.29, 0.717) is 54.0 Å². The Morgan fingerprint density at radius 3 is 2.43 bits per heavy atom. The fourth-order valence-corrected chi connectivity index (χ4v) is 5.54. The van der Waals surface area contributed by atoms with Crippen LogP contribution in [-0.2, 0) is 4.79 Å². The molecular formula is C24H24Cl2F2N8O. The summed E-state index contributed by atoms with van der Waals surface area (Å²) in [4.78, 5) is 25.5. The number of nitrogens with zero attached hydrogens (tertiary/aromatic N) is 5. The van der Waals surface area contributed by atoms with Crippen LogP contribution >= 0.6 is 23.2 Å². The minimum atomic E-state index is -2.67. The van der Waals surface area contributed by atoms with Gasteiger partial charge in [-0.25, -0.2) is 18.7 Å². The van der Waals surface area contributed by atoms with Crippen LogP contribution in [-0.4, -0.2) is 37.4 Å². The van der Waals surface area contributed by atoms with Gasteiger partial charge in [0.25, 0.3) is 5.92 Å². The van der Waals surface area contributed by atoms with Crippen molar-refractivity contribution in [2.75, 3.05) is 10.6 Å². The summed E-state index contributed by atoms with van der Waals surface area (Å²) in [7, 11) is 0. The molecule has 37 heavy (non-hydrogen) atoms. The first-order valence-corrected chi connectivity index (χ1v) is 12.6. The van der Waals surface area contributed by atoms with Crippen LogP contribution in [0.15, 0.2) is 18.3 Å². The minimum Gasteiger partial charge on any atom is -0.369 e. The monoisotopic (exact) mass is 548 g/mol. The van der Waals surface area contributed by atoms with Crippen molar-refractivity contribution in [3.8, 4) is 6.07 Å². The molecule has 194 valence electrons. The van der Waals surface area contributed by atoms with Crippen LogP contribution in [0.25, 0.3) is 11.2 Å². The third-order valence-electron chi connectivity index (χ3n) is 7.28. The predicted octanol–water partition coefficient (Wildman–Crippen LogP) is 5.56. The van der Waals surface area contributed by atoms with Gasteiger partial charge in [0.1, 0.15) is 5.52 Å². The van der Waals surface area contributed by atoms with Crippen LogP contribution in [0, 0.1) is 16.7 Å². The summed E-state index contributed by atoms with van der Waals surface area (Å²) in [6.07, 6.45) is 3.41. The molecule has 0 unspecified atom stereocenters. The molecule has 1 amide bonds. The molecule has 2 heterocycles. The number of primary amides is 1. The summed E-state index contributed by atoms with van der Waals surface area (Å²) in [5.41, 5.74) is 6.72. The van der Waals surface area contributed by atoms with Crippen LogP contribution in [0.3, 0.4) is 0 Å². The molecule has 0 spiro atoms. The zero-order valence-electron chi connectivity index (χ0n) is 19.9. The number of carbonyl (C=O) groups is 1. The number of carbonyl (C=O) groups excluding carboxylic acids is 1. The van der Waals surface area contributed by atoms with Crippen molar-refractivity contribution < 1.29 is 13.6 Å². The van der Waals surface area contributed by atoms with Crippen LogP contribution in [0.4, 0.5) is 26.4 Å². The van der Waals surface area contributed by atoms with E-state index in [0.717, 1.165) is 0 Å². The van der Waals surface area contributed by atoms with E-state index >= 15 is 0 Å². The SMILES string of the molecule is CC1(C(N)=O)CCC(n2c(Nc3c(Cl)cc(C#N)cc3Cl)nc3cnc(NC4CC(F)(F)C4)nc32)CC1. The zero-order valence-corrected chi connectivity index (χ0v) is 21.4. The van der Waals surface area contributed by atoms with Crippen LogP contribution in [0.2, 0.25) is 10.0 Å². The van der Waals surface area contributed by atoms with E-state index in [-0.39, 0.29) is 40.8 Å². The molecule has 1 aromatic carbocycles. The van der Waals surface area contributed by atoms with E-state index in [4.69, 9.17) is 28.9 Å². The van der Waals surface area contributed by atoms with Gasteiger partial charge in [-0.2, -0.15) is 10.2 Å². The predicted molar refractivity (Wildman–Crippen MR) is 136 cm³/mol. The molecule has 5 rings (SSSR count). The number of benzene rings is 1. The van der Waals surface area contributed by atoms with Gasteiger partial charge in [0.15, 0.2) is 5.65 Å². The van der Waals surface area contributed by atoms with Crippen molar-refractivity contribution in [3.63, 3.8) is 0 Å². The van der Waals surface area contributed by atoms with Gasteiger partial charge in [-0.1, -0.05) is 30.1 Å². The summed E-state index contributed by atoms with van der Waals surface area (Å²) in [5, 5.41) is 15.8. The second-order valence-electron chi connectivity index (χ2n) is 10.0. The summed E-state index contributed by atoms with van der Waals surface area (Å²) in [5.74, 6) is -2.37. The fourth-order valence-electron chi connectivity index (χ4n) is 4.95. The Morgan fingerprint density at radius 1 is 1.22 bits per heavy atom. The number of aromatic nitrogens is 4. The molecule has 2 aliphatic rings. The molecule has 0 bridgehead atoms. The van der Waals surface area contributed by atoms with E-state index < -0.39 is 17.4 Å². The van der Waals surface area contributed by atoms with E-state index in [1.165, 1.54) is 18.3 Å². The van der Waals surface area contributed by atoms with Gasteiger partial charge >= 0.3 is 0 Å². The van der Waals surface area contributed by atoms with Crippen LogP contribution < -0.4 is 16.4 Å². The molecule has 2 aromatic heterocycles. The van der Waals surface area contributed by atoms with Crippen molar-refractivity contribution in [1.29, 1.82) is 5.26 Å². The van der Waals surface area contributed by atoms with Gasteiger partial charge in [0.05, 0.1) is 33.6 Å². The highest BCUT2D eigenvalue weighted by Crippen LogP contribution is 2.44. The molecule has 0 atom stereocenters. The number of hydrogen-bond donors (Lipinski definition) is 3. The average molecular weight is 549 g/mol. The van der Waals surface area contributed by atoms with Crippen LogP contribution in [0.1, 0.15) is 57.1 Å². The maximum atomic E-state index is 13.3. The number of amides is 1. The first kappa shape index (κ1) is 25.4. The number of nitrogens with two attached hydrogens (primary N) is 1. The first-order valence-electron chi connectivity index (χ1n) is 11.8. The quantitative estimate of drug-likeness (QED) is 0.366. The summed E-state index contributed by atoms with van der Waals surface area (Å²) < 4.78 is 28.5. The van der Waals surface area contributed by atoms with Gasteiger partial charge in [0.2, 0.25) is 17.8 Å². The summed E-state index contributed by atoms with van der Waals surface area (Å²) >= 11 is 12.8. The lowest BCUT2D eigenvalue weighted by molar-refractivity contribution is -0.128. The summed E-state index contributed by atoms with van der Waals surface area (Å²) in [6, 6.07) is 4.50. The molecule has 0 saturated heterocycles. The maximum absolute atomic E-state index is 13.3. The normalized spacial score (nSPS) is 23.3. The number of anilines is 3. The molecule has 0 radical (unpaired) electrons. The van der Waals surface area contributed by atoms with Crippen molar-refractivity contribution in [3.05, 3.63) is 33.9 Å². The first-order chi connectivity index (χ1) is 17.5. The van der Waals surface area contributed by atoms with Gasteiger partial charge < -0.3 is 16.4 Å². The lowest BCUT2D eigenvalue weighted by atomic mass is 9.73. The van der Waals surface area contributed by atoms with Crippen molar-refractivity contribution in [2.45, 2.75) is 63.5 Å². The minimum absolute atomic E-state index is 0.0911. The number of nitrogens with one attached hydrogen (secondary N) is 2. The van der Waals surface area contributed by atoms with E-state index in [1.54, 1.807) is 0 Å². The Balaban J connectivity index is 1.53. The van der Waals surface area contributed by atoms with Crippen molar-refractivity contribution >= 4 is 57.9 Å². The molecule has 9 nitrogen and oxygen atoms in total. The number of rotatable bonds is 6. The van der Waals surface area contributed by atoms with Gasteiger partial charge in [-0.15, -0.1) is 0 Å². The standard InChI is InChI=1S/C24H24Cl2F2N8O/c1-23(20(30)37)4-2-14(3-5-23)36-19-17(11-31-21(35-19)32-13-8-24(27,28)9-13)33-22(36)34-18-15(25)6-12(10-29)7-16(18)26/h6-7,11,13-14H,2-5,8-9H2,1H3,(H2,30,37)(H,33,34)(H,31,32,35). The molecular weight excluding hydrogens is 525 g/mol. The Bertz CT molecular complexity index is 1400. The Kier molecular flexibility index (Phi) is 6.36. The number of fused-ring (bicyclic) bond motifs is 1. The smallest absolute Gasteiger partial charge is 0.252 e. The highest BCUT2D eigenvalue weighted by molar-refractivity contribution is 6.39. The number of halogens is 4. The Hall–Kier alpha value is -3.23. The van der Waals surface area contributed by atoms with E-state index in [9.17, 15) is 18.8 Å². The molecule has 13 heteroatoms. The molecule has 4 N–H and O–H groups in total. The highest BCUT2D eigenvalue weighted by atomic mass is 35.5. The number of imidazole rings is 1. The zero-order chi connectivity index (χ0) is 26.5. The average Bonchev–Trinajstić information content (AvgIpc) is 3.17. The second kappa shape index (κ2) is 9.26. The third-order valence-corrected chi connectivity index (χ3v) is 7.88. The Morgan fingerprint density at radius 2 is 1.86 bits per heavy atom. The Labute approximate surface area is 221 Å². The van der Waals surface area contributed by atoms with Gasteiger partial charge in [-0.3, -0.25) is 9.36 Å². The van der Waals surface area contributed by atoms with Gasteiger partial charge in [0, 0.05) is 30.3 Å². The van der Waals surface area contributed by atoms with Crippen molar-refractivity contribution in [2.24, 2.45) is 11.1 Å². The number of hydrogen-bond acceptors (Lipinski definition) is 7. The lowest BCUT2D eigenvalue weighted by Crippen LogP contribution is -2.44. The highest BCUT2D eigenvalue weighted by Gasteiger charge is 2.45.